The Morgan fingerprint density at radius 2 is 0.687 bits per heavy atom. The number of aliphatic hydroxyl groups excluding tert-OH is 2. The topological polar surface area (TPSA) is 230 Å². The largest absolute Gasteiger partial charge is 0.512 e. The van der Waals surface area contributed by atoms with Crippen molar-refractivity contribution in [3.8, 4) is 89.0 Å². The highest BCUT2D eigenvalue weighted by molar-refractivity contribution is 8.15. The molecule has 0 saturated carbocycles. The lowest BCUT2D eigenvalue weighted by molar-refractivity contribution is -0.115. The summed E-state index contributed by atoms with van der Waals surface area (Å²) in [4.78, 5) is 31.3. The van der Waals surface area contributed by atoms with E-state index in [4.69, 9.17) is 4.42 Å². The molecule has 0 bridgehead atoms. The van der Waals surface area contributed by atoms with Gasteiger partial charge in [-0.1, -0.05) is 159 Å². The Balaban J connectivity index is 0.000000122. The van der Waals surface area contributed by atoms with Gasteiger partial charge in [0, 0.05) is 79.3 Å². The number of hydrogen-bond donors (Lipinski definition) is 2. The first-order valence-electron chi connectivity index (χ1n) is 42.6. The molecule has 0 spiro atoms. The van der Waals surface area contributed by atoms with Gasteiger partial charge in [-0.15, -0.1) is 67.5 Å². The van der Waals surface area contributed by atoms with Crippen LogP contribution in [0.1, 0.15) is 78.7 Å². The van der Waals surface area contributed by atoms with E-state index in [2.05, 4.69) is 307 Å². The van der Waals surface area contributed by atoms with Crippen molar-refractivity contribution >= 4 is 145 Å². The van der Waals surface area contributed by atoms with Crippen LogP contribution >= 0.6 is 47.0 Å². The van der Waals surface area contributed by atoms with Crippen molar-refractivity contribution in [1.82, 2.24) is 19.7 Å². The molecule has 16 aromatic rings. The minimum Gasteiger partial charge on any atom is -0.512 e. The molecule has 12 aromatic carbocycles. The predicted octanol–water partition coefficient (Wildman–Crippen LogP) is 27.2. The number of nitrogens with zero attached hydrogens (tertiary/aromatic N) is 12. The number of aromatic nitrogens is 4. The monoisotopic (exact) mass is 1790 g/mol. The summed E-state index contributed by atoms with van der Waals surface area (Å²) in [5.41, 5.74) is 27.8. The molecule has 0 amide bonds. The van der Waals surface area contributed by atoms with E-state index in [0.29, 0.717) is 54.3 Å². The fourth-order valence-corrected chi connectivity index (χ4v) is 18.4. The summed E-state index contributed by atoms with van der Waals surface area (Å²) in [5, 5.41) is 71.4. The second-order valence-electron chi connectivity index (χ2n) is 32.3. The van der Waals surface area contributed by atoms with Crippen molar-refractivity contribution in [3.63, 3.8) is 0 Å². The van der Waals surface area contributed by atoms with Crippen molar-refractivity contribution in [1.29, 1.82) is 0 Å². The third-order valence-electron chi connectivity index (χ3n) is 22.4. The van der Waals surface area contributed by atoms with Crippen LogP contribution in [-0.4, -0.2) is 108 Å². The summed E-state index contributed by atoms with van der Waals surface area (Å²) >= 11 is 5.83. The first kappa shape index (κ1) is 88.6. The molecule has 646 valence electrons. The Bertz CT molecular complexity index is 7470. The normalized spacial score (nSPS) is 13.2. The molecule has 0 radical (unpaired) electrons. The molecule has 0 atom stereocenters. The Hall–Kier alpha value is -14.4. The van der Waals surface area contributed by atoms with E-state index in [0.717, 1.165) is 166 Å². The molecule has 4 aliphatic rings. The van der Waals surface area contributed by atoms with Crippen LogP contribution < -0.4 is 0 Å². The van der Waals surface area contributed by atoms with Crippen LogP contribution in [0, 0.1) is 26.6 Å². The minimum atomic E-state index is -0.380. The molecule has 17 nitrogen and oxygen atoms in total. The smallest absolute Gasteiger partial charge is 0.142 e. The van der Waals surface area contributed by atoms with Crippen LogP contribution in [0.5, 0.6) is 0 Å². The quantitative estimate of drug-likeness (QED) is 0.0679. The van der Waals surface area contributed by atoms with E-state index in [1.807, 2.05) is 62.1 Å². The number of halogens is 1. The zero-order valence-corrected chi connectivity index (χ0v) is 76.1. The van der Waals surface area contributed by atoms with Gasteiger partial charge in [0.25, 0.3) is 0 Å². The summed E-state index contributed by atoms with van der Waals surface area (Å²) in [6.07, 6.45) is 12.8. The molecule has 0 saturated heterocycles. The average Bonchev–Trinajstić information content (AvgIpc) is 1.79. The van der Waals surface area contributed by atoms with Crippen molar-refractivity contribution in [2.75, 3.05) is 23.0 Å². The number of benzene rings is 12. The van der Waals surface area contributed by atoms with E-state index in [9.17, 15) is 24.2 Å². The first-order valence-corrected chi connectivity index (χ1v) is 46.5. The van der Waals surface area contributed by atoms with Gasteiger partial charge in [-0.2, -0.15) is 25.5 Å². The van der Waals surface area contributed by atoms with Gasteiger partial charge < -0.3 is 14.6 Å². The maximum absolute atomic E-state index is 13.9. The predicted molar refractivity (Wildman–Crippen MR) is 547 cm³/mol. The fourth-order valence-electron chi connectivity index (χ4n) is 15.6. The number of Topliss-reactive ketones (excluding diaryl/α,β-unsaturated/α-hetero) is 2. The zero-order chi connectivity index (χ0) is 90.6. The molecule has 20 rings (SSSR count). The number of carbonyl (C=O) groups is 2. The molecule has 22 heteroatoms. The average molecular weight is 1790 g/mol. The maximum atomic E-state index is 13.9. The molecule has 8 heterocycles. The van der Waals surface area contributed by atoms with Gasteiger partial charge in [0.1, 0.15) is 37.6 Å². The minimum absolute atomic E-state index is 0.107. The Kier molecular flexibility index (Phi) is 27.4. The number of rotatable bonds is 20. The number of hydrogen-bond acceptors (Lipinski definition) is 20. The van der Waals surface area contributed by atoms with Crippen LogP contribution in [0.2, 0.25) is 0 Å². The third kappa shape index (κ3) is 22.1. The van der Waals surface area contributed by atoms with Gasteiger partial charge in [0.05, 0.1) is 81.8 Å². The summed E-state index contributed by atoms with van der Waals surface area (Å²) in [6.45, 7) is 16.4. The van der Waals surface area contributed by atoms with Crippen LogP contribution in [0.25, 0.3) is 132 Å². The summed E-state index contributed by atoms with van der Waals surface area (Å²) in [6, 6.07) is 90.8. The van der Waals surface area contributed by atoms with Gasteiger partial charge in [-0.3, -0.25) is 24.2 Å². The van der Waals surface area contributed by atoms with E-state index < -0.39 is 0 Å². The molecular weight excluding hydrogens is 1700 g/mol. The highest BCUT2D eigenvalue weighted by Crippen LogP contribution is 2.40. The van der Waals surface area contributed by atoms with Crippen LogP contribution in [-0.2, 0) is 16.6 Å². The number of fused-ring (bicyclic) bond motifs is 4. The molecule has 131 heavy (non-hydrogen) atoms. The van der Waals surface area contributed by atoms with Gasteiger partial charge in [0.2, 0.25) is 0 Å². The Labute approximate surface area is 775 Å². The van der Waals surface area contributed by atoms with E-state index in [-0.39, 0.29) is 28.9 Å². The van der Waals surface area contributed by atoms with E-state index in [1.54, 1.807) is 32.6 Å². The van der Waals surface area contributed by atoms with Gasteiger partial charge in [-0.05, 0) is 288 Å². The first-order chi connectivity index (χ1) is 63.6. The van der Waals surface area contributed by atoms with Crippen LogP contribution in [0.4, 0.5) is 4.39 Å². The molecule has 4 aliphatic heterocycles. The van der Waals surface area contributed by atoms with Crippen LogP contribution in [0.15, 0.2) is 368 Å². The highest BCUT2D eigenvalue weighted by Gasteiger charge is 2.25. The van der Waals surface area contributed by atoms with Crippen molar-refractivity contribution in [2.45, 2.75) is 60.3 Å². The number of ketones is 2. The van der Waals surface area contributed by atoms with Crippen LogP contribution in [0.3, 0.4) is 0 Å². The summed E-state index contributed by atoms with van der Waals surface area (Å²) in [7, 11) is 1.94. The van der Waals surface area contributed by atoms with Crippen molar-refractivity contribution in [3.05, 3.63) is 368 Å². The van der Waals surface area contributed by atoms with Gasteiger partial charge in [-0.25, -0.2) is 4.39 Å². The Morgan fingerprint density at radius 3 is 1.02 bits per heavy atom. The Morgan fingerprint density at radius 1 is 0.359 bits per heavy atom. The lowest BCUT2D eigenvalue weighted by atomic mass is 9.93. The fraction of sp³-hybridized carbons (Fsp3) is 0.128. The van der Waals surface area contributed by atoms with E-state index in [1.165, 1.54) is 103 Å². The lowest BCUT2D eigenvalue weighted by Crippen LogP contribution is -2.04. The number of furan rings is 1. The van der Waals surface area contributed by atoms with E-state index >= 15 is 0 Å². The maximum Gasteiger partial charge on any atom is 0.142 e. The second kappa shape index (κ2) is 40.5. The zero-order valence-electron chi connectivity index (χ0n) is 72.9. The lowest BCUT2D eigenvalue weighted by Gasteiger charge is -2.12. The molecule has 2 N–H and O–H groups in total. The number of pyridine rings is 2. The molecule has 0 aliphatic carbocycles. The highest BCUT2D eigenvalue weighted by atomic mass is 32.2. The number of thioether (sulfide) groups is 4. The number of carbonyl (C=O) groups excluding carboxylic acids is 2. The molecule has 0 fully saturated rings. The standard InChI is InChI=1S/C29H25N3OS.C27H20FN3OS.C27H24N4OS.C26H20N2O2S/c1-18-10-27(16-30-20(18)3)25-12-24(23-9-8-21-6-4-5-7-22(21)11-23)13-26(14-25)28-15-29(32-31-28)34-17-19(2)33;1-17(32)16-33-27-13-26(30-31-27)23-10-21(9-22(11-23)24-12-25(28)15-29-14-24)20-7-6-18-4-2-3-5-19(18)8-20;1-17(32)16-33-27-14-26(28-29-27)24-12-22(11-23(13-24)25-15-31(3)30-18(25)2)21-9-8-19-6-4-5-7-20(19)10-21;1-17(29)16-31-26-14-25(27-28-26)24-12-22(11-23(13-24)21-8-9-30-15-21)20-7-6-18-4-2-3-5-19(18)10-20/h4-14,16,33H,2,15,17H2,1,3H3;2-12,14-15,32H,1,13,16H2;4-13,15H,14,16H2,1-3H3;2-13,15H,14,16H2,1H3. The van der Waals surface area contributed by atoms with Gasteiger partial charge >= 0.3 is 0 Å². The number of aliphatic hydroxyl groups is 2. The third-order valence-corrected chi connectivity index (χ3v) is 26.7. The molecule has 4 aromatic heterocycles. The SMILES string of the molecule is C=C(O)CSC1=NN=C(c2cc(-c3cnc(C)c(C)c3)cc(-c3ccc4ccccc4c3)c2)C1.C=C(O)CSC1=NN=C(c2cc(-c3cncc(F)c3)cc(-c3ccc4ccccc4c3)c2)C1.CC(=O)CSC1=NN=C(c2cc(-c3ccc4ccccc4c3)cc(-c3cn(C)nc3C)c2)C1.CC(=O)CSC1=NN=C(c2cc(-c3ccoc3)cc(-c3ccc4ccccc4c3)c2)C1. The summed E-state index contributed by atoms with van der Waals surface area (Å²) < 4.78 is 21.1. The summed E-state index contributed by atoms with van der Waals surface area (Å²) in [5.74, 6) is 1.83. The van der Waals surface area contributed by atoms with Crippen molar-refractivity contribution in [2.24, 2.45) is 47.9 Å². The van der Waals surface area contributed by atoms with Crippen molar-refractivity contribution < 1.29 is 28.6 Å². The van der Waals surface area contributed by atoms with Gasteiger partial charge in [0.15, 0.2) is 0 Å². The molecular formula is C109H89FN12O5S4. The second-order valence-corrected chi connectivity index (χ2v) is 36.5. The number of aryl methyl sites for hydroxylation is 4. The molecule has 0 unspecified atom stereocenters.